The Morgan fingerprint density at radius 3 is 3.00 bits per heavy atom. The van der Waals surface area contributed by atoms with Crippen molar-refractivity contribution in [1.29, 1.82) is 0 Å². The van der Waals surface area contributed by atoms with E-state index in [-0.39, 0.29) is 19.2 Å². The molecule has 1 heterocycles. The zero-order valence-electron chi connectivity index (χ0n) is 10.6. The standard InChI is InChI=1S/C11H20N2O5/c1-2-17-6-3-4-12-11(16)13-5-7-18-9(8-13)10(14)15/h9H,2-8H2,1H3,(H,12,16)(H,14,15). The SMILES string of the molecule is CCOCCCNC(=O)N1CCOC(C(=O)O)C1. The second-order valence-electron chi connectivity index (χ2n) is 3.93. The molecule has 0 bridgehead atoms. The van der Waals surface area contributed by atoms with Gasteiger partial charge in [0.15, 0.2) is 6.10 Å². The number of hydrogen-bond acceptors (Lipinski definition) is 4. The zero-order chi connectivity index (χ0) is 13.4. The number of amides is 2. The Labute approximate surface area is 106 Å². The highest BCUT2D eigenvalue weighted by Crippen LogP contribution is 2.05. The Kier molecular flexibility index (Phi) is 6.45. The van der Waals surface area contributed by atoms with Crippen molar-refractivity contribution in [3.63, 3.8) is 0 Å². The molecule has 7 heteroatoms. The van der Waals surface area contributed by atoms with Crippen LogP contribution in [-0.2, 0) is 14.3 Å². The maximum Gasteiger partial charge on any atom is 0.334 e. The molecule has 0 radical (unpaired) electrons. The topological polar surface area (TPSA) is 88.1 Å². The van der Waals surface area contributed by atoms with Crippen LogP contribution >= 0.6 is 0 Å². The molecule has 1 unspecified atom stereocenters. The van der Waals surface area contributed by atoms with E-state index in [0.717, 1.165) is 6.42 Å². The lowest BCUT2D eigenvalue weighted by atomic mass is 10.3. The minimum atomic E-state index is -1.04. The lowest BCUT2D eigenvalue weighted by Crippen LogP contribution is -2.51. The number of morpholine rings is 1. The van der Waals surface area contributed by atoms with Crippen molar-refractivity contribution in [2.75, 3.05) is 39.5 Å². The fraction of sp³-hybridized carbons (Fsp3) is 0.818. The second kappa shape index (κ2) is 7.88. The summed E-state index contributed by atoms with van der Waals surface area (Å²) in [7, 11) is 0. The molecule has 1 rings (SSSR count). The van der Waals surface area contributed by atoms with Crippen molar-refractivity contribution in [2.45, 2.75) is 19.4 Å². The quantitative estimate of drug-likeness (QED) is 0.651. The van der Waals surface area contributed by atoms with Gasteiger partial charge in [-0.05, 0) is 13.3 Å². The number of carbonyl (C=O) groups is 2. The van der Waals surface area contributed by atoms with Gasteiger partial charge in [-0.1, -0.05) is 0 Å². The first-order chi connectivity index (χ1) is 8.65. The highest BCUT2D eigenvalue weighted by molar-refractivity contribution is 5.77. The maximum absolute atomic E-state index is 11.7. The minimum Gasteiger partial charge on any atom is -0.479 e. The van der Waals surface area contributed by atoms with Gasteiger partial charge in [-0.15, -0.1) is 0 Å². The minimum absolute atomic E-state index is 0.0899. The average molecular weight is 260 g/mol. The average Bonchev–Trinajstić information content (AvgIpc) is 2.38. The van der Waals surface area contributed by atoms with Crippen molar-refractivity contribution in [1.82, 2.24) is 10.2 Å². The highest BCUT2D eigenvalue weighted by atomic mass is 16.5. The first-order valence-corrected chi connectivity index (χ1v) is 6.10. The zero-order valence-corrected chi connectivity index (χ0v) is 10.6. The summed E-state index contributed by atoms with van der Waals surface area (Å²) in [5, 5.41) is 11.5. The van der Waals surface area contributed by atoms with E-state index in [9.17, 15) is 9.59 Å². The van der Waals surface area contributed by atoms with Gasteiger partial charge < -0.3 is 24.8 Å². The van der Waals surface area contributed by atoms with E-state index in [1.54, 1.807) is 0 Å². The molecule has 2 amide bonds. The number of nitrogens with zero attached hydrogens (tertiary/aromatic N) is 1. The van der Waals surface area contributed by atoms with Gasteiger partial charge >= 0.3 is 12.0 Å². The Bertz CT molecular complexity index is 285. The Balaban J connectivity index is 2.22. The largest absolute Gasteiger partial charge is 0.479 e. The molecule has 1 aliphatic heterocycles. The Morgan fingerprint density at radius 2 is 2.33 bits per heavy atom. The molecule has 0 aromatic carbocycles. The molecule has 0 aliphatic carbocycles. The van der Waals surface area contributed by atoms with E-state index in [2.05, 4.69) is 5.32 Å². The first-order valence-electron chi connectivity index (χ1n) is 6.10. The van der Waals surface area contributed by atoms with Crippen molar-refractivity contribution in [3.05, 3.63) is 0 Å². The van der Waals surface area contributed by atoms with Gasteiger partial charge in [-0.2, -0.15) is 0 Å². The fourth-order valence-corrected chi connectivity index (χ4v) is 1.61. The summed E-state index contributed by atoms with van der Waals surface area (Å²) in [6, 6.07) is -0.249. The monoisotopic (exact) mass is 260 g/mol. The summed E-state index contributed by atoms with van der Waals surface area (Å²) in [5.41, 5.74) is 0. The van der Waals surface area contributed by atoms with Gasteiger partial charge in [-0.3, -0.25) is 0 Å². The first kappa shape index (κ1) is 14.7. The molecule has 2 N–H and O–H groups in total. The second-order valence-corrected chi connectivity index (χ2v) is 3.93. The van der Waals surface area contributed by atoms with Crippen molar-refractivity contribution < 1.29 is 24.2 Å². The molecule has 1 fully saturated rings. The van der Waals surface area contributed by atoms with Crippen molar-refractivity contribution in [2.24, 2.45) is 0 Å². The third-order valence-corrected chi connectivity index (χ3v) is 2.57. The van der Waals surface area contributed by atoms with E-state index in [0.29, 0.717) is 26.3 Å². The molecule has 18 heavy (non-hydrogen) atoms. The smallest absolute Gasteiger partial charge is 0.334 e. The number of carbonyl (C=O) groups excluding carboxylic acids is 1. The number of hydrogen-bond donors (Lipinski definition) is 2. The lowest BCUT2D eigenvalue weighted by Gasteiger charge is -2.30. The van der Waals surface area contributed by atoms with Gasteiger partial charge in [0.2, 0.25) is 0 Å². The number of rotatable bonds is 6. The molecular weight excluding hydrogens is 240 g/mol. The number of ether oxygens (including phenoxy) is 2. The summed E-state index contributed by atoms with van der Waals surface area (Å²) < 4.78 is 10.2. The van der Waals surface area contributed by atoms with Crippen LogP contribution in [0.3, 0.4) is 0 Å². The molecule has 1 saturated heterocycles. The summed E-state index contributed by atoms with van der Waals surface area (Å²) in [4.78, 5) is 23.9. The number of aliphatic carboxylic acids is 1. The maximum atomic E-state index is 11.7. The van der Waals surface area contributed by atoms with E-state index >= 15 is 0 Å². The predicted molar refractivity (Wildman–Crippen MR) is 63.5 cm³/mol. The van der Waals surface area contributed by atoms with Crippen LogP contribution in [0.5, 0.6) is 0 Å². The number of nitrogens with one attached hydrogen (secondary N) is 1. The number of urea groups is 1. The molecule has 104 valence electrons. The molecule has 0 aromatic heterocycles. The van der Waals surface area contributed by atoms with Gasteiger partial charge in [0.05, 0.1) is 13.2 Å². The van der Waals surface area contributed by atoms with E-state index < -0.39 is 12.1 Å². The summed E-state index contributed by atoms with van der Waals surface area (Å²) in [6.45, 7) is 4.47. The van der Waals surface area contributed by atoms with Gasteiger partial charge in [0, 0.05) is 26.3 Å². The summed E-state index contributed by atoms with van der Waals surface area (Å²) in [6.07, 6.45) is -0.181. The molecule has 7 nitrogen and oxygen atoms in total. The van der Waals surface area contributed by atoms with Crippen LogP contribution in [0.4, 0.5) is 4.79 Å². The highest BCUT2D eigenvalue weighted by Gasteiger charge is 2.28. The van der Waals surface area contributed by atoms with E-state index in [1.807, 2.05) is 6.92 Å². The van der Waals surface area contributed by atoms with Gasteiger partial charge in [0.25, 0.3) is 0 Å². The van der Waals surface area contributed by atoms with Crippen LogP contribution in [0.1, 0.15) is 13.3 Å². The van der Waals surface area contributed by atoms with Crippen LogP contribution < -0.4 is 5.32 Å². The van der Waals surface area contributed by atoms with Crippen LogP contribution in [0.2, 0.25) is 0 Å². The fourth-order valence-electron chi connectivity index (χ4n) is 1.61. The van der Waals surface area contributed by atoms with Crippen LogP contribution in [0.25, 0.3) is 0 Å². The van der Waals surface area contributed by atoms with Gasteiger partial charge in [-0.25, -0.2) is 9.59 Å². The lowest BCUT2D eigenvalue weighted by molar-refractivity contribution is -0.154. The Morgan fingerprint density at radius 1 is 1.56 bits per heavy atom. The molecular formula is C11H20N2O5. The van der Waals surface area contributed by atoms with Crippen LogP contribution in [0.15, 0.2) is 0 Å². The van der Waals surface area contributed by atoms with E-state index in [1.165, 1.54) is 4.90 Å². The predicted octanol–water partition coefficient (Wildman–Crippen LogP) is -0.0920. The van der Waals surface area contributed by atoms with Crippen LogP contribution in [0, 0.1) is 0 Å². The van der Waals surface area contributed by atoms with Gasteiger partial charge in [0.1, 0.15) is 0 Å². The normalized spacial score (nSPS) is 19.6. The van der Waals surface area contributed by atoms with Crippen molar-refractivity contribution >= 4 is 12.0 Å². The number of carboxylic acids is 1. The van der Waals surface area contributed by atoms with Crippen LogP contribution in [-0.4, -0.2) is 67.6 Å². The summed E-state index contributed by atoms with van der Waals surface area (Å²) >= 11 is 0. The summed E-state index contributed by atoms with van der Waals surface area (Å²) in [5.74, 6) is -1.04. The third kappa shape index (κ3) is 4.89. The van der Waals surface area contributed by atoms with Crippen molar-refractivity contribution in [3.8, 4) is 0 Å². The molecule has 1 aliphatic rings. The Hall–Kier alpha value is -1.34. The number of carboxylic acid groups (broad SMARTS) is 1. The molecule has 0 spiro atoms. The molecule has 0 aromatic rings. The molecule has 0 saturated carbocycles. The van der Waals surface area contributed by atoms with E-state index in [4.69, 9.17) is 14.6 Å². The third-order valence-electron chi connectivity index (χ3n) is 2.57. The molecule has 1 atom stereocenters.